The summed E-state index contributed by atoms with van der Waals surface area (Å²) in [7, 11) is 1.46. The minimum absolute atomic E-state index is 0.271. The van der Waals surface area contributed by atoms with Crippen molar-refractivity contribution in [2.45, 2.75) is 6.54 Å². The molecule has 0 aromatic carbocycles. The van der Waals surface area contributed by atoms with Crippen LogP contribution in [0.2, 0.25) is 0 Å². The maximum Gasteiger partial charge on any atom is 0.271 e. The predicted octanol–water partition coefficient (Wildman–Crippen LogP) is 0.207. The zero-order valence-electron chi connectivity index (χ0n) is 8.58. The van der Waals surface area contributed by atoms with E-state index in [9.17, 15) is 4.21 Å². The van der Waals surface area contributed by atoms with Crippen LogP contribution in [0.3, 0.4) is 0 Å². The largest absolute Gasteiger partial charge is 0.478 e. The van der Waals surface area contributed by atoms with Gasteiger partial charge >= 0.3 is 0 Å². The van der Waals surface area contributed by atoms with Gasteiger partial charge in [-0.1, -0.05) is 0 Å². The topological polar surface area (TPSA) is 75.9 Å². The molecule has 6 nitrogen and oxygen atoms in total. The molecule has 1 atom stereocenters. The van der Waals surface area contributed by atoms with E-state index in [-0.39, 0.29) is 5.90 Å². The van der Waals surface area contributed by atoms with Crippen molar-refractivity contribution in [2.75, 3.05) is 7.11 Å². The highest BCUT2D eigenvalue weighted by Gasteiger charge is 2.18. The molecular weight excluding hydrogens is 228 g/mol. The molecule has 0 spiro atoms. The molecule has 2 heterocycles. The summed E-state index contributed by atoms with van der Waals surface area (Å²) in [6, 6.07) is 3.76. The summed E-state index contributed by atoms with van der Waals surface area (Å²) in [5, 5.41) is 3.00. The lowest BCUT2D eigenvalue weighted by Crippen LogP contribution is -2.29. The van der Waals surface area contributed by atoms with Gasteiger partial charge in [-0.05, 0) is 17.7 Å². The van der Waals surface area contributed by atoms with Crippen molar-refractivity contribution >= 4 is 22.9 Å². The molecule has 0 saturated carbocycles. The first-order chi connectivity index (χ1) is 7.79. The molecule has 0 radical (unpaired) electrons. The van der Waals surface area contributed by atoms with E-state index in [1.165, 1.54) is 7.11 Å². The first-order valence-electron chi connectivity index (χ1n) is 4.56. The van der Waals surface area contributed by atoms with Crippen molar-refractivity contribution in [1.29, 1.82) is 0 Å². The Balaban J connectivity index is 1.99. The van der Waals surface area contributed by atoms with E-state index in [2.05, 4.69) is 19.1 Å². The van der Waals surface area contributed by atoms with Crippen molar-refractivity contribution in [1.82, 2.24) is 10.3 Å². The third-order valence-corrected chi connectivity index (χ3v) is 2.60. The van der Waals surface area contributed by atoms with Gasteiger partial charge in [-0.15, -0.1) is 8.80 Å². The lowest BCUT2D eigenvalue weighted by atomic mass is 10.3. The van der Waals surface area contributed by atoms with E-state index in [0.29, 0.717) is 12.4 Å². The second kappa shape index (κ2) is 4.84. The summed E-state index contributed by atoms with van der Waals surface area (Å²) in [5.41, 5.74) is 1.05. The number of aromatic nitrogens is 1. The third-order valence-electron chi connectivity index (χ3n) is 1.94. The Kier molecular flexibility index (Phi) is 3.25. The Labute approximate surface area is 95.2 Å². The van der Waals surface area contributed by atoms with Crippen molar-refractivity contribution in [3.8, 4) is 0 Å². The summed E-state index contributed by atoms with van der Waals surface area (Å²) in [5.74, 6) is 0.685. The maximum absolute atomic E-state index is 11.0. The average Bonchev–Trinajstić information content (AvgIpc) is 2.68. The highest BCUT2D eigenvalue weighted by molar-refractivity contribution is 7.83. The monoisotopic (exact) mass is 238 g/mol. The second-order valence-electron chi connectivity index (χ2n) is 2.98. The van der Waals surface area contributed by atoms with Crippen LogP contribution in [0.4, 0.5) is 0 Å². The number of hydrogen-bond donors (Lipinski definition) is 1. The van der Waals surface area contributed by atoms with Gasteiger partial charge in [0.25, 0.3) is 17.1 Å². The van der Waals surface area contributed by atoms with E-state index < -0.39 is 11.2 Å². The van der Waals surface area contributed by atoms with E-state index in [0.717, 1.165) is 5.56 Å². The van der Waals surface area contributed by atoms with Crippen LogP contribution >= 0.6 is 0 Å². The maximum atomic E-state index is 11.0. The number of ether oxygens (including phenoxy) is 1. The number of methoxy groups -OCH3 is 1. The molecule has 1 aromatic heterocycles. The summed E-state index contributed by atoms with van der Waals surface area (Å²) in [6.45, 7) is 0.556. The molecule has 84 valence electrons. The van der Waals surface area contributed by atoms with Gasteiger partial charge < -0.3 is 10.1 Å². The molecular formula is C9H10N4O2S. The van der Waals surface area contributed by atoms with Gasteiger partial charge in [0.15, 0.2) is 0 Å². The van der Waals surface area contributed by atoms with Crippen LogP contribution in [0.5, 0.6) is 0 Å². The summed E-state index contributed by atoms with van der Waals surface area (Å²) in [4.78, 5) is 3.91. The van der Waals surface area contributed by atoms with Crippen molar-refractivity contribution in [2.24, 2.45) is 8.80 Å². The molecule has 16 heavy (non-hydrogen) atoms. The first kappa shape index (κ1) is 10.7. The minimum Gasteiger partial charge on any atom is -0.478 e. The van der Waals surface area contributed by atoms with E-state index in [1.54, 1.807) is 12.4 Å². The number of nitrogens with zero attached hydrogens (tertiary/aromatic N) is 3. The normalized spacial score (nSPS) is 18.9. The van der Waals surface area contributed by atoms with Crippen LogP contribution in [-0.2, 0) is 22.5 Å². The van der Waals surface area contributed by atoms with Gasteiger partial charge in [0, 0.05) is 18.9 Å². The quantitative estimate of drug-likeness (QED) is 0.799. The fourth-order valence-electron chi connectivity index (χ4n) is 1.18. The molecule has 1 N–H and O–H groups in total. The van der Waals surface area contributed by atoms with Crippen LogP contribution in [0, 0.1) is 0 Å². The SMILES string of the molecule is COC1=NS(=O)N=C1NCc1ccncc1. The van der Waals surface area contributed by atoms with Crippen molar-refractivity contribution in [3.05, 3.63) is 30.1 Å². The van der Waals surface area contributed by atoms with Crippen LogP contribution in [0.15, 0.2) is 33.3 Å². The van der Waals surface area contributed by atoms with Crippen LogP contribution in [0.25, 0.3) is 0 Å². The smallest absolute Gasteiger partial charge is 0.271 e. The standard InChI is InChI=1S/C9H10N4O2S/c1-15-9-8(12-16(14)13-9)11-6-7-2-4-10-5-3-7/h2-5H,6H2,1H3,(H,11,12). The summed E-state index contributed by atoms with van der Waals surface area (Å²) in [6.07, 6.45) is 3.41. The number of hydrogen-bond acceptors (Lipinski definition) is 4. The third kappa shape index (κ3) is 2.43. The lowest BCUT2D eigenvalue weighted by Gasteiger charge is -2.05. The summed E-state index contributed by atoms with van der Waals surface area (Å²) >= 11 is -1.56. The Hall–Kier alpha value is -1.76. The van der Waals surface area contributed by atoms with Gasteiger partial charge in [0.1, 0.15) is 0 Å². The van der Waals surface area contributed by atoms with Gasteiger partial charge in [-0.25, -0.2) is 4.21 Å². The van der Waals surface area contributed by atoms with E-state index >= 15 is 0 Å². The zero-order valence-corrected chi connectivity index (χ0v) is 9.40. The molecule has 0 bridgehead atoms. The fourth-order valence-corrected chi connectivity index (χ4v) is 1.82. The van der Waals surface area contributed by atoms with Crippen LogP contribution < -0.4 is 5.32 Å². The zero-order chi connectivity index (χ0) is 11.4. The molecule has 0 aliphatic carbocycles. The molecule has 0 fully saturated rings. The van der Waals surface area contributed by atoms with Gasteiger partial charge in [0.05, 0.1) is 7.11 Å². The van der Waals surface area contributed by atoms with Gasteiger partial charge in [-0.2, -0.15) is 0 Å². The Morgan fingerprint density at radius 2 is 2.12 bits per heavy atom. The highest BCUT2D eigenvalue weighted by atomic mass is 32.2. The number of nitrogens with one attached hydrogen (secondary N) is 1. The Bertz CT molecular complexity index is 458. The number of amidine groups is 1. The van der Waals surface area contributed by atoms with Gasteiger partial charge in [0.2, 0.25) is 5.84 Å². The second-order valence-corrected chi connectivity index (χ2v) is 3.81. The molecule has 0 saturated heterocycles. The predicted molar refractivity (Wildman–Crippen MR) is 61.1 cm³/mol. The molecule has 1 aromatic rings. The highest BCUT2D eigenvalue weighted by Crippen LogP contribution is 2.03. The lowest BCUT2D eigenvalue weighted by molar-refractivity contribution is 0.411. The summed E-state index contributed by atoms with van der Waals surface area (Å²) < 4.78 is 23.5. The molecule has 1 aliphatic heterocycles. The van der Waals surface area contributed by atoms with Crippen molar-refractivity contribution in [3.63, 3.8) is 0 Å². The molecule has 1 aliphatic rings. The van der Waals surface area contributed by atoms with Crippen LogP contribution in [0.1, 0.15) is 5.56 Å². The molecule has 2 rings (SSSR count). The first-order valence-corrected chi connectivity index (χ1v) is 5.62. The molecule has 7 heteroatoms. The minimum atomic E-state index is -1.56. The van der Waals surface area contributed by atoms with Crippen molar-refractivity contribution < 1.29 is 8.95 Å². The number of pyridine rings is 1. The molecule has 0 amide bonds. The Morgan fingerprint density at radius 3 is 2.81 bits per heavy atom. The van der Waals surface area contributed by atoms with Gasteiger partial charge in [-0.3, -0.25) is 4.98 Å². The average molecular weight is 238 g/mol. The van der Waals surface area contributed by atoms with E-state index in [1.807, 2.05) is 12.1 Å². The molecule has 1 unspecified atom stereocenters. The van der Waals surface area contributed by atoms with E-state index in [4.69, 9.17) is 4.74 Å². The van der Waals surface area contributed by atoms with Crippen LogP contribution in [-0.4, -0.2) is 28.0 Å². The Morgan fingerprint density at radius 1 is 1.38 bits per heavy atom. The number of rotatable bonds is 2. The fraction of sp³-hybridized carbons (Fsp3) is 0.222.